The van der Waals surface area contributed by atoms with Crippen molar-refractivity contribution in [3.8, 4) is 0 Å². The van der Waals surface area contributed by atoms with E-state index in [9.17, 15) is 10.1 Å². The van der Waals surface area contributed by atoms with E-state index < -0.39 is 8.32 Å². The summed E-state index contributed by atoms with van der Waals surface area (Å²) in [6.45, 7) is 11.4. The van der Waals surface area contributed by atoms with Crippen LogP contribution >= 0.6 is 0 Å². The first-order chi connectivity index (χ1) is 9.15. The Morgan fingerprint density at radius 1 is 1.30 bits per heavy atom. The molecular weight excluding hydrogens is 270 g/mol. The highest BCUT2D eigenvalue weighted by Gasteiger charge is 2.36. The monoisotopic (exact) mass is 293 g/mol. The Morgan fingerprint density at radius 3 is 2.45 bits per heavy atom. The molecule has 5 heteroatoms. The van der Waals surface area contributed by atoms with E-state index in [1.807, 2.05) is 6.08 Å². The van der Waals surface area contributed by atoms with Crippen molar-refractivity contribution in [2.45, 2.75) is 38.9 Å². The first-order valence-electron chi connectivity index (χ1n) is 6.69. The molecule has 0 aliphatic rings. The number of benzene rings is 1. The van der Waals surface area contributed by atoms with Crippen molar-refractivity contribution in [1.82, 2.24) is 0 Å². The highest BCUT2D eigenvalue weighted by Crippen LogP contribution is 2.36. The predicted octanol–water partition coefficient (Wildman–Crippen LogP) is 4.63. The Balaban J connectivity index is 2.70. The Kier molecular flexibility index (Phi) is 5.25. The molecule has 0 aromatic heterocycles. The molecule has 0 heterocycles. The number of hydrogen-bond acceptors (Lipinski definition) is 3. The van der Waals surface area contributed by atoms with Gasteiger partial charge in [0.15, 0.2) is 8.32 Å². The van der Waals surface area contributed by atoms with E-state index >= 15 is 0 Å². The minimum atomic E-state index is -1.76. The number of nitro benzene ring substituents is 1. The first-order valence-corrected chi connectivity index (χ1v) is 9.60. The zero-order chi connectivity index (χ0) is 15.4. The van der Waals surface area contributed by atoms with Gasteiger partial charge in [0.2, 0.25) is 0 Å². The number of para-hydroxylation sites is 1. The summed E-state index contributed by atoms with van der Waals surface area (Å²) >= 11 is 0. The summed E-state index contributed by atoms with van der Waals surface area (Å²) in [5, 5.41) is 11.1. The molecule has 0 atom stereocenters. The van der Waals surface area contributed by atoms with Gasteiger partial charge in [0.1, 0.15) is 0 Å². The molecule has 0 unspecified atom stereocenters. The standard InChI is InChI=1S/C15H23NO3Si/c1-15(2,3)20(4,5)19-12-8-10-13-9-6-7-11-14(13)16(17)18/h6-11H,12H2,1-5H3/b10-8+. The molecule has 0 radical (unpaired) electrons. The summed E-state index contributed by atoms with van der Waals surface area (Å²) in [4.78, 5) is 10.5. The fourth-order valence-electron chi connectivity index (χ4n) is 1.44. The van der Waals surface area contributed by atoms with Crippen molar-refractivity contribution in [2.75, 3.05) is 6.61 Å². The van der Waals surface area contributed by atoms with Crippen LogP contribution in [0.25, 0.3) is 6.08 Å². The molecule has 0 saturated heterocycles. The number of nitrogens with zero attached hydrogens (tertiary/aromatic N) is 1. The largest absolute Gasteiger partial charge is 0.413 e. The van der Waals surface area contributed by atoms with Gasteiger partial charge in [0.05, 0.1) is 17.1 Å². The molecular formula is C15H23NO3Si. The fraction of sp³-hybridized carbons (Fsp3) is 0.467. The molecule has 0 N–H and O–H groups in total. The van der Waals surface area contributed by atoms with Crippen LogP contribution in [0.1, 0.15) is 26.3 Å². The zero-order valence-corrected chi connectivity index (χ0v) is 13.8. The highest BCUT2D eigenvalue weighted by molar-refractivity contribution is 6.74. The van der Waals surface area contributed by atoms with E-state index in [2.05, 4.69) is 33.9 Å². The average molecular weight is 293 g/mol. The molecule has 0 aliphatic carbocycles. The van der Waals surface area contributed by atoms with E-state index in [0.29, 0.717) is 12.2 Å². The van der Waals surface area contributed by atoms with Crippen LogP contribution < -0.4 is 0 Å². The Morgan fingerprint density at radius 2 is 1.90 bits per heavy atom. The lowest BCUT2D eigenvalue weighted by Crippen LogP contribution is -2.40. The maximum Gasteiger partial charge on any atom is 0.276 e. The van der Waals surface area contributed by atoms with Crippen LogP contribution in [0, 0.1) is 10.1 Å². The van der Waals surface area contributed by atoms with Crippen LogP contribution in [-0.4, -0.2) is 19.8 Å². The van der Waals surface area contributed by atoms with Crippen LogP contribution in [0.4, 0.5) is 5.69 Å². The third-order valence-electron chi connectivity index (χ3n) is 3.78. The molecule has 0 aliphatic heterocycles. The van der Waals surface area contributed by atoms with Gasteiger partial charge in [-0.1, -0.05) is 39.0 Å². The lowest BCUT2D eigenvalue weighted by Gasteiger charge is -2.35. The van der Waals surface area contributed by atoms with Crippen molar-refractivity contribution in [2.24, 2.45) is 0 Å². The Hall–Kier alpha value is -1.46. The van der Waals surface area contributed by atoms with Crippen LogP contribution in [0.15, 0.2) is 30.3 Å². The Bertz CT molecular complexity index is 504. The third-order valence-corrected chi connectivity index (χ3v) is 8.28. The van der Waals surface area contributed by atoms with Gasteiger partial charge in [-0.25, -0.2) is 0 Å². The second-order valence-electron chi connectivity index (χ2n) is 6.29. The van der Waals surface area contributed by atoms with Gasteiger partial charge in [0.25, 0.3) is 5.69 Å². The quantitative estimate of drug-likeness (QED) is 0.452. The molecule has 1 aromatic rings. The SMILES string of the molecule is CC(C)(C)[Si](C)(C)OC/C=C/c1ccccc1[N+](=O)[O-]. The normalized spacial score (nSPS) is 12.8. The van der Waals surface area contributed by atoms with Crippen molar-refractivity contribution >= 4 is 20.1 Å². The molecule has 0 spiro atoms. The summed E-state index contributed by atoms with van der Waals surface area (Å²) in [6.07, 6.45) is 3.61. The van der Waals surface area contributed by atoms with Crippen molar-refractivity contribution in [1.29, 1.82) is 0 Å². The molecule has 0 amide bonds. The average Bonchev–Trinajstić information content (AvgIpc) is 2.33. The summed E-state index contributed by atoms with van der Waals surface area (Å²) < 4.78 is 6.00. The zero-order valence-electron chi connectivity index (χ0n) is 12.8. The molecule has 1 aromatic carbocycles. The maximum absolute atomic E-state index is 10.9. The van der Waals surface area contributed by atoms with Crippen molar-refractivity contribution in [3.63, 3.8) is 0 Å². The van der Waals surface area contributed by atoms with Crippen molar-refractivity contribution in [3.05, 3.63) is 46.0 Å². The molecule has 0 bridgehead atoms. The lowest BCUT2D eigenvalue weighted by molar-refractivity contribution is -0.385. The number of hydrogen-bond donors (Lipinski definition) is 0. The highest BCUT2D eigenvalue weighted by atomic mass is 28.4. The van der Waals surface area contributed by atoms with E-state index in [4.69, 9.17) is 4.43 Å². The van der Waals surface area contributed by atoms with E-state index in [-0.39, 0.29) is 15.6 Å². The summed E-state index contributed by atoms with van der Waals surface area (Å²) in [5.74, 6) is 0. The van der Waals surface area contributed by atoms with Crippen LogP contribution in [0.2, 0.25) is 18.1 Å². The van der Waals surface area contributed by atoms with E-state index in [1.165, 1.54) is 6.07 Å². The van der Waals surface area contributed by atoms with Crippen molar-refractivity contribution < 1.29 is 9.35 Å². The predicted molar refractivity (Wildman–Crippen MR) is 85.3 cm³/mol. The minimum absolute atomic E-state index is 0.121. The summed E-state index contributed by atoms with van der Waals surface area (Å²) in [7, 11) is -1.76. The molecule has 0 fully saturated rings. The van der Waals surface area contributed by atoms with Gasteiger partial charge in [-0.2, -0.15) is 0 Å². The van der Waals surface area contributed by atoms with Gasteiger partial charge in [0, 0.05) is 6.07 Å². The maximum atomic E-state index is 10.9. The molecule has 4 nitrogen and oxygen atoms in total. The summed E-state index contributed by atoms with van der Waals surface area (Å²) in [5.41, 5.74) is 0.729. The number of nitro groups is 1. The number of rotatable bonds is 5. The molecule has 0 saturated carbocycles. The van der Waals surface area contributed by atoms with Gasteiger partial charge in [-0.3, -0.25) is 10.1 Å². The molecule has 1 rings (SSSR count). The molecule has 110 valence electrons. The first kappa shape index (κ1) is 16.6. The van der Waals surface area contributed by atoms with Gasteiger partial charge >= 0.3 is 0 Å². The Labute approximate surface area is 121 Å². The minimum Gasteiger partial charge on any atom is -0.413 e. The summed E-state index contributed by atoms with van der Waals surface area (Å²) in [6, 6.07) is 6.71. The van der Waals surface area contributed by atoms with Crippen LogP contribution in [-0.2, 0) is 4.43 Å². The van der Waals surface area contributed by atoms with Gasteiger partial charge in [-0.15, -0.1) is 0 Å². The van der Waals surface area contributed by atoms with Gasteiger partial charge < -0.3 is 4.43 Å². The van der Waals surface area contributed by atoms with E-state index in [1.54, 1.807) is 24.3 Å². The second kappa shape index (κ2) is 6.32. The second-order valence-corrected chi connectivity index (χ2v) is 11.1. The smallest absolute Gasteiger partial charge is 0.276 e. The molecule has 20 heavy (non-hydrogen) atoms. The van der Waals surface area contributed by atoms with E-state index in [0.717, 1.165) is 0 Å². The van der Waals surface area contributed by atoms with Gasteiger partial charge in [-0.05, 0) is 30.3 Å². The topological polar surface area (TPSA) is 52.4 Å². The third kappa shape index (κ3) is 4.28. The fourth-order valence-corrected chi connectivity index (χ4v) is 2.39. The van der Waals surface area contributed by atoms with Crippen LogP contribution in [0.5, 0.6) is 0 Å². The lowest BCUT2D eigenvalue weighted by atomic mass is 10.1. The van der Waals surface area contributed by atoms with Crippen LogP contribution in [0.3, 0.4) is 0 Å².